The summed E-state index contributed by atoms with van der Waals surface area (Å²) in [7, 11) is 0. The molecule has 1 spiro atoms. The quantitative estimate of drug-likeness (QED) is 0.727. The first kappa shape index (κ1) is 22.5. The third kappa shape index (κ3) is 4.56. The van der Waals surface area contributed by atoms with E-state index in [1.165, 1.54) is 0 Å². The molecule has 0 saturated carbocycles. The maximum absolute atomic E-state index is 13.3. The second-order valence-electron chi connectivity index (χ2n) is 9.47. The number of halogens is 1. The van der Waals surface area contributed by atoms with Gasteiger partial charge in [-0.3, -0.25) is 4.79 Å². The minimum absolute atomic E-state index is 0.160. The molecule has 4 rings (SSSR count). The molecule has 0 radical (unpaired) electrons. The molecule has 2 aliphatic heterocycles. The molecule has 2 heterocycles. The van der Waals surface area contributed by atoms with Gasteiger partial charge in [-0.15, -0.1) is 0 Å². The molecule has 1 atom stereocenters. The third-order valence-corrected chi connectivity index (χ3v) is 6.31. The Bertz CT molecular complexity index is 1010. The first-order valence-electron chi connectivity index (χ1n) is 10.9. The predicted octanol–water partition coefficient (Wildman–Crippen LogP) is 4.69. The van der Waals surface area contributed by atoms with Gasteiger partial charge in [-0.2, -0.15) is 0 Å². The molecule has 0 unspecified atom stereocenters. The molecule has 0 aromatic heterocycles. The van der Waals surface area contributed by atoms with Gasteiger partial charge in [0.2, 0.25) is 0 Å². The van der Waals surface area contributed by atoms with Crippen LogP contribution in [0.5, 0.6) is 5.75 Å². The average Bonchev–Trinajstić information content (AvgIpc) is 3.05. The smallest absolute Gasteiger partial charge is 0.410 e. The molecule has 2 aliphatic rings. The van der Waals surface area contributed by atoms with Crippen LogP contribution in [0.2, 0.25) is 5.02 Å². The van der Waals surface area contributed by atoms with Crippen LogP contribution in [0.15, 0.2) is 48.5 Å². The van der Waals surface area contributed by atoms with Crippen molar-refractivity contribution in [1.82, 2.24) is 10.2 Å². The fourth-order valence-electron chi connectivity index (χ4n) is 4.54. The van der Waals surface area contributed by atoms with Crippen LogP contribution in [-0.4, -0.2) is 41.7 Å². The van der Waals surface area contributed by atoms with Crippen LogP contribution in [-0.2, 0) is 21.5 Å². The number of carbonyl (C=O) groups is 2. The van der Waals surface area contributed by atoms with Crippen molar-refractivity contribution in [3.8, 4) is 5.75 Å². The van der Waals surface area contributed by atoms with Gasteiger partial charge in [-0.1, -0.05) is 41.9 Å². The number of benzene rings is 2. The Morgan fingerprint density at radius 2 is 1.88 bits per heavy atom. The maximum Gasteiger partial charge on any atom is 0.410 e. The lowest BCUT2D eigenvalue weighted by molar-refractivity contribution is -0.131. The molecular weight excluding hydrogens is 428 g/mol. The SMILES string of the molecule is CC(C)(C)OC(=O)N1CCC2(CC1)c1ccccc1O[C@H]2C(=O)NCc1cccc(Cl)c1. The van der Waals surface area contributed by atoms with Crippen LogP contribution in [0.3, 0.4) is 0 Å². The fourth-order valence-corrected chi connectivity index (χ4v) is 4.75. The number of carbonyl (C=O) groups excluding carboxylic acids is 2. The van der Waals surface area contributed by atoms with Crippen molar-refractivity contribution >= 4 is 23.6 Å². The van der Waals surface area contributed by atoms with Crippen LogP contribution < -0.4 is 10.1 Å². The van der Waals surface area contributed by atoms with Crippen LogP contribution in [0, 0.1) is 0 Å². The first-order chi connectivity index (χ1) is 15.2. The Morgan fingerprint density at radius 3 is 2.56 bits per heavy atom. The van der Waals surface area contributed by atoms with Crippen LogP contribution >= 0.6 is 11.6 Å². The van der Waals surface area contributed by atoms with Gasteiger partial charge >= 0.3 is 6.09 Å². The number of rotatable bonds is 3. The van der Waals surface area contributed by atoms with Crippen LogP contribution in [0.4, 0.5) is 4.79 Å². The Labute approximate surface area is 193 Å². The van der Waals surface area contributed by atoms with Crippen molar-refractivity contribution in [2.24, 2.45) is 0 Å². The number of nitrogens with zero attached hydrogens (tertiary/aromatic N) is 1. The molecule has 170 valence electrons. The molecule has 2 amide bonds. The van der Waals surface area contributed by atoms with Crippen molar-refractivity contribution in [2.45, 2.75) is 57.3 Å². The van der Waals surface area contributed by atoms with E-state index < -0.39 is 17.1 Å². The second-order valence-corrected chi connectivity index (χ2v) is 9.90. The molecule has 1 fully saturated rings. The predicted molar refractivity (Wildman–Crippen MR) is 123 cm³/mol. The number of nitrogens with one attached hydrogen (secondary N) is 1. The van der Waals surface area contributed by atoms with Gasteiger partial charge in [-0.05, 0) is 57.4 Å². The lowest BCUT2D eigenvalue weighted by atomic mass is 9.69. The summed E-state index contributed by atoms with van der Waals surface area (Å²) in [4.78, 5) is 27.5. The molecule has 7 heteroatoms. The number of para-hydroxylation sites is 1. The number of ether oxygens (including phenoxy) is 2. The topological polar surface area (TPSA) is 67.9 Å². The van der Waals surface area contributed by atoms with E-state index >= 15 is 0 Å². The number of hydrogen-bond donors (Lipinski definition) is 1. The lowest BCUT2D eigenvalue weighted by Gasteiger charge is -2.41. The highest BCUT2D eigenvalue weighted by atomic mass is 35.5. The zero-order chi connectivity index (χ0) is 22.9. The summed E-state index contributed by atoms with van der Waals surface area (Å²) in [6.45, 7) is 6.96. The third-order valence-electron chi connectivity index (χ3n) is 6.07. The summed E-state index contributed by atoms with van der Waals surface area (Å²) in [5.41, 5.74) is 0.938. The normalized spacial score (nSPS) is 19.2. The standard InChI is InChI=1S/C25H29ClN2O4/c1-24(2,3)32-23(30)28-13-11-25(12-14-28)19-9-4-5-10-20(19)31-21(25)22(29)27-16-17-7-6-8-18(26)15-17/h4-10,15,21H,11-14,16H2,1-3H3,(H,27,29)/t21-/m0/s1. The van der Waals surface area contributed by atoms with Crippen LogP contribution in [0.25, 0.3) is 0 Å². The van der Waals surface area contributed by atoms with Gasteiger partial charge in [0.05, 0.1) is 0 Å². The summed E-state index contributed by atoms with van der Waals surface area (Å²) < 4.78 is 11.7. The fraction of sp³-hybridized carbons (Fsp3) is 0.440. The Morgan fingerprint density at radius 1 is 1.16 bits per heavy atom. The largest absolute Gasteiger partial charge is 0.479 e. The zero-order valence-electron chi connectivity index (χ0n) is 18.7. The van der Waals surface area contributed by atoms with Gasteiger partial charge < -0.3 is 19.7 Å². The van der Waals surface area contributed by atoms with Crippen LogP contribution in [0.1, 0.15) is 44.7 Å². The lowest BCUT2D eigenvalue weighted by Crippen LogP contribution is -2.55. The molecule has 0 aliphatic carbocycles. The van der Waals surface area contributed by atoms with E-state index in [1.54, 1.807) is 11.0 Å². The van der Waals surface area contributed by atoms with E-state index in [0.717, 1.165) is 16.9 Å². The highest BCUT2D eigenvalue weighted by Gasteiger charge is 2.54. The minimum atomic E-state index is -0.653. The first-order valence-corrected chi connectivity index (χ1v) is 11.3. The van der Waals surface area contributed by atoms with Crippen molar-refractivity contribution in [3.63, 3.8) is 0 Å². The van der Waals surface area contributed by atoms with E-state index in [-0.39, 0.29) is 12.0 Å². The van der Waals surface area contributed by atoms with E-state index in [2.05, 4.69) is 5.32 Å². The Kier molecular flexibility index (Phi) is 6.08. The van der Waals surface area contributed by atoms with E-state index in [9.17, 15) is 9.59 Å². The number of amides is 2. The average molecular weight is 457 g/mol. The Hall–Kier alpha value is -2.73. The van der Waals surface area contributed by atoms with Crippen molar-refractivity contribution in [2.75, 3.05) is 13.1 Å². The van der Waals surface area contributed by atoms with E-state index in [1.807, 2.05) is 63.2 Å². The highest BCUT2D eigenvalue weighted by molar-refractivity contribution is 6.30. The molecule has 32 heavy (non-hydrogen) atoms. The molecule has 0 bridgehead atoms. The van der Waals surface area contributed by atoms with E-state index in [0.29, 0.717) is 37.5 Å². The maximum atomic E-state index is 13.3. The van der Waals surface area contributed by atoms with E-state index in [4.69, 9.17) is 21.1 Å². The minimum Gasteiger partial charge on any atom is -0.479 e. The summed E-state index contributed by atoms with van der Waals surface area (Å²) in [6.07, 6.45) is 0.276. The van der Waals surface area contributed by atoms with Crippen molar-refractivity contribution in [3.05, 3.63) is 64.7 Å². The Balaban J connectivity index is 1.51. The molecule has 1 saturated heterocycles. The molecule has 1 N–H and O–H groups in total. The monoisotopic (exact) mass is 456 g/mol. The van der Waals surface area contributed by atoms with Gasteiger partial charge in [0.15, 0.2) is 6.10 Å². The van der Waals surface area contributed by atoms with Gasteiger partial charge in [-0.25, -0.2) is 4.79 Å². The second kappa shape index (κ2) is 8.66. The molecule has 2 aromatic rings. The highest BCUT2D eigenvalue weighted by Crippen LogP contribution is 2.49. The van der Waals surface area contributed by atoms with Gasteiger partial charge in [0.1, 0.15) is 11.4 Å². The number of likely N-dealkylation sites (tertiary alicyclic amines) is 1. The van der Waals surface area contributed by atoms with Gasteiger partial charge in [0.25, 0.3) is 5.91 Å². The summed E-state index contributed by atoms with van der Waals surface area (Å²) in [6, 6.07) is 15.2. The summed E-state index contributed by atoms with van der Waals surface area (Å²) in [5.74, 6) is 0.577. The molecular formula is C25H29ClN2O4. The van der Waals surface area contributed by atoms with Crippen molar-refractivity contribution in [1.29, 1.82) is 0 Å². The number of fused-ring (bicyclic) bond motifs is 2. The molecule has 6 nitrogen and oxygen atoms in total. The molecule has 2 aromatic carbocycles. The van der Waals surface area contributed by atoms with Crippen molar-refractivity contribution < 1.29 is 19.1 Å². The zero-order valence-corrected chi connectivity index (χ0v) is 19.4. The number of hydrogen-bond acceptors (Lipinski definition) is 4. The summed E-state index contributed by atoms with van der Waals surface area (Å²) >= 11 is 6.06. The van der Waals surface area contributed by atoms with Gasteiger partial charge in [0, 0.05) is 35.6 Å². The summed E-state index contributed by atoms with van der Waals surface area (Å²) in [5, 5.41) is 3.64. The number of piperidine rings is 1.